The van der Waals surface area contributed by atoms with Crippen molar-refractivity contribution >= 4 is 17.2 Å². The maximum atomic E-state index is 14.6. The van der Waals surface area contributed by atoms with E-state index in [1.165, 1.54) is 52.1 Å². The molecule has 0 heterocycles. The summed E-state index contributed by atoms with van der Waals surface area (Å²) in [5, 5.41) is 0.0703. The van der Waals surface area contributed by atoms with Crippen LogP contribution in [0.3, 0.4) is 0 Å². The second-order valence-corrected chi connectivity index (χ2v) is 8.81. The van der Waals surface area contributed by atoms with Crippen molar-refractivity contribution in [2.75, 3.05) is 13.7 Å². The van der Waals surface area contributed by atoms with Crippen molar-refractivity contribution < 1.29 is 13.9 Å². The van der Waals surface area contributed by atoms with Crippen molar-refractivity contribution in [3.8, 4) is 5.75 Å². The molecule has 0 bridgehead atoms. The van der Waals surface area contributed by atoms with Gasteiger partial charge in [-0.1, -0.05) is 43.9 Å². The van der Waals surface area contributed by atoms with E-state index in [4.69, 9.17) is 21.1 Å². The van der Waals surface area contributed by atoms with E-state index in [1.807, 2.05) is 0 Å². The van der Waals surface area contributed by atoms with Crippen molar-refractivity contribution in [1.29, 1.82) is 0 Å². The van der Waals surface area contributed by atoms with Crippen LogP contribution in [0.2, 0.25) is 5.02 Å². The Labute approximate surface area is 174 Å². The van der Waals surface area contributed by atoms with Crippen LogP contribution in [-0.4, -0.2) is 19.8 Å². The fourth-order valence-electron chi connectivity index (χ4n) is 4.57. The zero-order chi connectivity index (χ0) is 19.9. The molecule has 0 saturated heterocycles. The van der Waals surface area contributed by atoms with Gasteiger partial charge in [0.25, 0.3) is 0 Å². The van der Waals surface area contributed by atoms with Crippen LogP contribution in [0.1, 0.15) is 76.7 Å². The van der Waals surface area contributed by atoms with Crippen LogP contribution in [0.4, 0.5) is 4.39 Å². The highest BCUT2D eigenvalue weighted by Crippen LogP contribution is 2.37. The Morgan fingerprint density at radius 1 is 1.11 bits per heavy atom. The summed E-state index contributed by atoms with van der Waals surface area (Å²) in [5.74, 6) is 1.47. The minimum atomic E-state index is -0.373. The molecule has 2 nitrogen and oxygen atoms in total. The summed E-state index contributed by atoms with van der Waals surface area (Å²) in [4.78, 5) is 0. The summed E-state index contributed by atoms with van der Waals surface area (Å²) in [6.07, 6.45) is 14.6. The molecule has 4 heteroatoms. The summed E-state index contributed by atoms with van der Waals surface area (Å²) in [7, 11) is 1.50. The van der Waals surface area contributed by atoms with E-state index in [9.17, 15) is 4.39 Å². The third-order valence-electron chi connectivity index (χ3n) is 6.46. The lowest BCUT2D eigenvalue weighted by atomic mass is 9.84. The quantitative estimate of drug-likeness (QED) is 0.445. The van der Waals surface area contributed by atoms with Gasteiger partial charge in [-0.3, -0.25) is 0 Å². The molecule has 0 spiro atoms. The van der Waals surface area contributed by atoms with Gasteiger partial charge in [-0.05, 0) is 74.5 Å². The molecule has 1 atom stereocenters. The van der Waals surface area contributed by atoms with Crippen LogP contribution in [0.15, 0.2) is 18.2 Å². The highest BCUT2D eigenvalue weighted by Gasteiger charge is 2.24. The number of allylic oxidation sites excluding steroid dienone is 2. The molecular formula is C24H34ClFO2. The van der Waals surface area contributed by atoms with Gasteiger partial charge >= 0.3 is 0 Å². The fraction of sp³-hybridized carbons (Fsp3) is 0.667. The standard InChI is InChI=1S/C24H34ClFO2/c1-3-4-5-17-8-12-20(13-9-17)28-16-18-6-10-19(11-7-18)21-14-15-22(27-2)23(25)24(21)26/h10,14-15,17-18,20H,3-9,11-13,16H2,1-2H3. The molecule has 1 fully saturated rings. The first kappa shape index (κ1) is 21.6. The van der Waals surface area contributed by atoms with Crippen molar-refractivity contribution in [3.63, 3.8) is 0 Å². The number of halogens is 2. The Hall–Kier alpha value is -1.06. The molecule has 28 heavy (non-hydrogen) atoms. The lowest BCUT2D eigenvalue weighted by Gasteiger charge is -2.30. The number of unbranched alkanes of at least 4 members (excludes halogenated alkanes) is 1. The molecule has 0 N–H and O–H groups in total. The van der Waals surface area contributed by atoms with Gasteiger partial charge in [0.1, 0.15) is 10.8 Å². The van der Waals surface area contributed by atoms with Crippen molar-refractivity contribution in [1.82, 2.24) is 0 Å². The second kappa shape index (κ2) is 10.6. The van der Waals surface area contributed by atoms with E-state index in [0.717, 1.165) is 37.4 Å². The SMILES string of the molecule is CCCCC1CCC(OCC2CC=C(c3ccc(OC)c(Cl)c3F)CC2)CC1. The van der Waals surface area contributed by atoms with Crippen molar-refractivity contribution in [2.24, 2.45) is 11.8 Å². The molecule has 0 aliphatic heterocycles. The molecular weight excluding hydrogens is 375 g/mol. The van der Waals surface area contributed by atoms with Gasteiger partial charge in [-0.2, -0.15) is 0 Å². The first-order chi connectivity index (χ1) is 13.6. The highest BCUT2D eigenvalue weighted by molar-refractivity contribution is 6.32. The molecule has 2 aliphatic carbocycles. The molecule has 3 rings (SSSR count). The summed E-state index contributed by atoms with van der Waals surface area (Å²) in [5.41, 5.74) is 1.66. The number of hydrogen-bond acceptors (Lipinski definition) is 2. The molecule has 0 aromatic heterocycles. The molecule has 0 radical (unpaired) electrons. The maximum Gasteiger partial charge on any atom is 0.153 e. The third-order valence-corrected chi connectivity index (χ3v) is 6.81. The summed E-state index contributed by atoms with van der Waals surface area (Å²) < 4.78 is 25.9. The smallest absolute Gasteiger partial charge is 0.153 e. The van der Waals surface area contributed by atoms with Crippen molar-refractivity contribution in [2.45, 2.75) is 77.2 Å². The van der Waals surface area contributed by atoms with Crippen LogP contribution in [0.25, 0.3) is 5.57 Å². The van der Waals surface area contributed by atoms with Gasteiger partial charge < -0.3 is 9.47 Å². The zero-order valence-corrected chi connectivity index (χ0v) is 18.1. The molecule has 1 saturated carbocycles. The average Bonchev–Trinajstić information content (AvgIpc) is 2.74. The van der Waals surface area contributed by atoms with E-state index in [0.29, 0.717) is 23.3 Å². The first-order valence-electron chi connectivity index (χ1n) is 10.9. The average molecular weight is 409 g/mol. The van der Waals surface area contributed by atoms with Gasteiger partial charge in [0.05, 0.1) is 19.8 Å². The van der Waals surface area contributed by atoms with E-state index < -0.39 is 0 Å². The lowest BCUT2D eigenvalue weighted by molar-refractivity contribution is -0.00280. The Bertz CT molecular complexity index is 665. The van der Waals surface area contributed by atoms with Crippen molar-refractivity contribution in [3.05, 3.63) is 34.6 Å². The molecule has 1 unspecified atom stereocenters. The fourth-order valence-corrected chi connectivity index (χ4v) is 4.82. The number of benzene rings is 1. The lowest BCUT2D eigenvalue weighted by Crippen LogP contribution is -2.24. The molecule has 156 valence electrons. The predicted octanol–water partition coefficient (Wildman–Crippen LogP) is 7.44. The summed E-state index contributed by atoms with van der Waals surface area (Å²) in [6.45, 7) is 3.11. The van der Waals surface area contributed by atoms with Crippen LogP contribution < -0.4 is 4.74 Å². The topological polar surface area (TPSA) is 18.5 Å². The molecule has 1 aromatic carbocycles. The van der Waals surface area contributed by atoms with E-state index in [-0.39, 0.29) is 10.8 Å². The minimum Gasteiger partial charge on any atom is -0.495 e. The number of methoxy groups -OCH3 is 1. The Kier molecular flexibility index (Phi) is 8.23. The number of ether oxygens (including phenoxy) is 2. The van der Waals surface area contributed by atoms with E-state index >= 15 is 0 Å². The van der Waals surface area contributed by atoms with E-state index in [1.54, 1.807) is 12.1 Å². The number of hydrogen-bond donors (Lipinski definition) is 0. The minimum absolute atomic E-state index is 0.0703. The van der Waals surface area contributed by atoms with Gasteiger partial charge in [-0.25, -0.2) is 4.39 Å². The van der Waals surface area contributed by atoms with Crippen LogP contribution >= 0.6 is 11.6 Å². The number of rotatable bonds is 8. The van der Waals surface area contributed by atoms with E-state index in [2.05, 4.69) is 13.0 Å². The third kappa shape index (κ3) is 5.51. The monoisotopic (exact) mass is 408 g/mol. The molecule has 0 amide bonds. The van der Waals surface area contributed by atoms with Gasteiger partial charge in [-0.15, -0.1) is 0 Å². The molecule has 2 aliphatic rings. The Balaban J connectivity index is 1.45. The normalized spacial score (nSPS) is 25.4. The highest BCUT2D eigenvalue weighted by atomic mass is 35.5. The van der Waals surface area contributed by atoms with Gasteiger partial charge in [0.15, 0.2) is 5.82 Å². The zero-order valence-electron chi connectivity index (χ0n) is 17.3. The van der Waals surface area contributed by atoms with Crippen LogP contribution in [0, 0.1) is 17.7 Å². The first-order valence-corrected chi connectivity index (χ1v) is 11.3. The Morgan fingerprint density at radius 3 is 2.54 bits per heavy atom. The van der Waals surface area contributed by atoms with Gasteiger partial charge in [0, 0.05) is 5.56 Å². The summed E-state index contributed by atoms with van der Waals surface area (Å²) in [6, 6.07) is 3.52. The predicted molar refractivity (Wildman–Crippen MR) is 115 cm³/mol. The largest absolute Gasteiger partial charge is 0.495 e. The Morgan fingerprint density at radius 2 is 1.89 bits per heavy atom. The van der Waals surface area contributed by atoms with Crippen LogP contribution in [0.5, 0.6) is 5.75 Å². The second-order valence-electron chi connectivity index (χ2n) is 8.43. The summed E-state index contributed by atoms with van der Waals surface area (Å²) >= 11 is 6.07. The van der Waals surface area contributed by atoms with Gasteiger partial charge in [0.2, 0.25) is 0 Å². The maximum absolute atomic E-state index is 14.6. The van der Waals surface area contributed by atoms with Crippen LogP contribution in [-0.2, 0) is 4.74 Å². The molecule has 1 aromatic rings.